The first-order chi connectivity index (χ1) is 7.20. The third-order valence-electron chi connectivity index (χ3n) is 1.67. The van der Waals surface area contributed by atoms with E-state index in [-0.39, 0.29) is 0 Å². The predicted octanol–water partition coefficient (Wildman–Crippen LogP) is 4.89. The van der Waals surface area contributed by atoms with Gasteiger partial charge in [0.25, 0.3) is 0 Å². The van der Waals surface area contributed by atoms with Crippen LogP contribution in [0.4, 0.5) is 0 Å². The molecule has 0 spiro atoms. The van der Waals surface area contributed by atoms with Crippen LogP contribution in [0.3, 0.4) is 0 Å². The fraction of sp³-hybridized carbons (Fsp3) is 0.308. The van der Waals surface area contributed by atoms with Crippen molar-refractivity contribution >= 4 is 26.1 Å². The number of halogens is 1. The largest absolute Gasteiger partial charge is 0.254 e. The number of nitrogens with zero attached hydrogens (tertiary/aromatic N) is 1. The molecule has 82 valence electrons. The number of rotatable bonds is 2. The van der Waals surface area contributed by atoms with Crippen LogP contribution in [0.15, 0.2) is 41.5 Å². The molecule has 0 bridgehead atoms. The van der Waals surface area contributed by atoms with Crippen molar-refractivity contribution in [2.24, 2.45) is 4.99 Å². The maximum absolute atomic E-state index is 4.17. The van der Waals surface area contributed by atoms with Crippen LogP contribution in [0.1, 0.15) is 33.3 Å². The number of hydrogen-bond donors (Lipinski definition) is 0. The van der Waals surface area contributed by atoms with E-state index in [0.29, 0.717) is 0 Å². The zero-order chi connectivity index (χ0) is 11.7. The van der Waals surface area contributed by atoms with Crippen LogP contribution >= 0.6 is 15.9 Å². The van der Waals surface area contributed by atoms with Gasteiger partial charge >= 0.3 is 0 Å². The van der Waals surface area contributed by atoms with Gasteiger partial charge in [-0.05, 0) is 40.9 Å². The fourth-order valence-corrected chi connectivity index (χ4v) is 1.06. The quantitative estimate of drug-likeness (QED) is 0.677. The van der Waals surface area contributed by atoms with Gasteiger partial charge in [-0.3, -0.25) is 4.99 Å². The van der Waals surface area contributed by atoms with Crippen molar-refractivity contribution in [2.75, 3.05) is 0 Å². The van der Waals surface area contributed by atoms with Gasteiger partial charge in [-0.1, -0.05) is 44.2 Å². The highest BCUT2D eigenvalue weighted by atomic mass is 79.9. The third-order valence-corrected chi connectivity index (χ3v) is 1.87. The van der Waals surface area contributed by atoms with E-state index in [1.54, 1.807) is 0 Å². The van der Waals surface area contributed by atoms with E-state index in [0.717, 1.165) is 4.62 Å². The molecule has 15 heavy (non-hydrogen) atoms. The molecule has 0 aliphatic carbocycles. The molecule has 0 aromatic heterocycles. The summed E-state index contributed by atoms with van der Waals surface area (Å²) in [6.07, 6.45) is 1.86. The second kappa shape index (κ2) is 8.42. The normalized spacial score (nSPS) is 11.8. The Bertz CT molecular complexity index is 322. The van der Waals surface area contributed by atoms with Crippen LogP contribution in [0.5, 0.6) is 0 Å². The van der Waals surface area contributed by atoms with Crippen molar-refractivity contribution in [3.8, 4) is 0 Å². The average Bonchev–Trinajstić information content (AvgIpc) is 2.30. The van der Waals surface area contributed by atoms with E-state index in [1.807, 2.05) is 45.2 Å². The zero-order valence-electron chi connectivity index (χ0n) is 9.79. The van der Waals surface area contributed by atoms with Crippen LogP contribution in [0.2, 0.25) is 0 Å². The Labute approximate surface area is 101 Å². The molecule has 0 saturated heterocycles. The molecule has 2 heteroatoms. The lowest BCUT2D eigenvalue weighted by Crippen LogP contribution is -1.78. The summed E-state index contributed by atoms with van der Waals surface area (Å²) in [6.45, 7) is 7.96. The zero-order valence-corrected chi connectivity index (χ0v) is 11.4. The van der Waals surface area contributed by atoms with Gasteiger partial charge in [0.2, 0.25) is 0 Å². The highest BCUT2D eigenvalue weighted by Gasteiger charge is 1.91. The minimum Gasteiger partial charge on any atom is -0.254 e. The van der Waals surface area contributed by atoms with Crippen LogP contribution in [0, 0.1) is 0 Å². The van der Waals surface area contributed by atoms with Gasteiger partial charge < -0.3 is 0 Å². The Kier molecular flexibility index (Phi) is 7.92. The monoisotopic (exact) mass is 267 g/mol. The summed E-state index contributed by atoms with van der Waals surface area (Å²) in [7, 11) is 0. The van der Waals surface area contributed by atoms with Crippen molar-refractivity contribution < 1.29 is 0 Å². The first kappa shape index (κ1) is 14.1. The summed E-state index contributed by atoms with van der Waals surface area (Å²) >= 11 is 3.28. The lowest BCUT2D eigenvalue weighted by molar-refractivity contribution is 1.50. The maximum atomic E-state index is 4.17. The smallest absolute Gasteiger partial charge is 0.0798 e. The Morgan fingerprint density at radius 3 is 2.13 bits per heavy atom. The molecule has 0 amide bonds. The molecule has 0 aliphatic heterocycles. The van der Waals surface area contributed by atoms with Crippen molar-refractivity contribution in [1.29, 1.82) is 0 Å². The first-order valence-corrected chi connectivity index (χ1v) is 5.91. The van der Waals surface area contributed by atoms with Crippen LogP contribution in [-0.2, 0) is 0 Å². The van der Waals surface area contributed by atoms with E-state index in [4.69, 9.17) is 0 Å². The summed E-state index contributed by atoms with van der Waals surface area (Å²) in [6, 6.07) is 10.2. The van der Waals surface area contributed by atoms with E-state index < -0.39 is 0 Å². The second-order valence-corrected chi connectivity index (χ2v) is 3.95. The Hall–Kier alpha value is -0.890. The topological polar surface area (TPSA) is 12.4 Å². The summed E-state index contributed by atoms with van der Waals surface area (Å²) < 4.78 is 0.891. The Morgan fingerprint density at radius 2 is 1.67 bits per heavy atom. The summed E-state index contributed by atoms with van der Waals surface area (Å²) in [5.41, 5.74) is 2.37. The van der Waals surface area contributed by atoms with Gasteiger partial charge in [0.15, 0.2) is 0 Å². The number of aliphatic imine (C=N–C) groups is 1. The molecule has 1 nitrogen and oxygen atoms in total. The van der Waals surface area contributed by atoms with Gasteiger partial charge in [0.05, 0.1) is 4.62 Å². The van der Waals surface area contributed by atoms with Crippen molar-refractivity contribution in [3.05, 3.63) is 42.1 Å². The highest BCUT2D eigenvalue weighted by Crippen LogP contribution is 2.12. The Balaban J connectivity index is 0.000000921. The lowest BCUT2D eigenvalue weighted by Gasteiger charge is -1.97. The van der Waals surface area contributed by atoms with Crippen molar-refractivity contribution in [3.63, 3.8) is 0 Å². The minimum absolute atomic E-state index is 0.891. The SMILES string of the molecule is CC.CC(Br)=N/C=C(\C)c1ccccc1. The molecule has 0 radical (unpaired) electrons. The molecule has 0 atom stereocenters. The molecule has 1 aromatic carbocycles. The molecule has 0 aliphatic rings. The summed E-state index contributed by atoms with van der Waals surface area (Å²) in [5, 5.41) is 0. The highest BCUT2D eigenvalue weighted by molar-refractivity contribution is 9.18. The standard InChI is InChI=1S/C11H12BrN.C2H6/c1-9(8-13-10(2)12)11-6-4-3-5-7-11;1-2/h3-8H,1-2H3;1-2H3/b9-8+,13-10?;. The predicted molar refractivity (Wildman–Crippen MR) is 73.5 cm³/mol. The van der Waals surface area contributed by atoms with Crippen LogP contribution in [0.25, 0.3) is 5.57 Å². The van der Waals surface area contributed by atoms with Gasteiger partial charge in [0, 0.05) is 6.20 Å². The molecule has 1 aromatic rings. The molecule has 0 saturated carbocycles. The molecule has 0 fully saturated rings. The average molecular weight is 268 g/mol. The maximum Gasteiger partial charge on any atom is 0.0798 e. The minimum atomic E-state index is 0.891. The van der Waals surface area contributed by atoms with E-state index in [2.05, 4.69) is 40.0 Å². The number of hydrogen-bond acceptors (Lipinski definition) is 1. The summed E-state index contributed by atoms with van der Waals surface area (Å²) in [4.78, 5) is 4.17. The second-order valence-electron chi connectivity index (χ2n) is 2.80. The molecular weight excluding hydrogens is 250 g/mol. The van der Waals surface area contributed by atoms with Gasteiger partial charge in [-0.25, -0.2) is 0 Å². The van der Waals surface area contributed by atoms with E-state index in [9.17, 15) is 0 Å². The lowest BCUT2D eigenvalue weighted by atomic mass is 10.1. The van der Waals surface area contributed by atoms with Gasteiger partial charge in [0.1, 0.15) is 0 Å². The first-order valence-electron chi connectivity index (χ1n) is 5.12. The van der Waals surface area contributed by atoms with Crippen molar-refractivity contribution in [1.82, 2.24) is 0 Å². The Morgan fingerprint density at radius 1 is 1.13 bits per heavy atom. The molecule has 0 N–H and O–H groups in total. The van der Waals surface area contributed by atoms with Crippen molar-refractivity contribution in [2.45, 2.75) is 27.7 Å². The van der Waals surface area contributed by atoms with E-state index >= 15 is 0 Å². The van der Waals surface area contributed by atoms with Gasteiger partial charge in [-0.15, -0.1) is 0 Å². The number of allylic oxidation sites excluding steroid dienone is 1. The third kappa shape index (κ3) is 6.24. The van der Waals surface area contributed by atoms with Crippen LogP contribution < -0.4 is 0 Å². The number of benzene rings is 1. The van der Waals surface area contributed by atoms with E-state index in [1.165, 1.54) is 11.1 Å². The molecule has 0 heterocycles. The molecule has 0 unspecified atom stereocenters. The summed E-state index contributed by atoms with van der Waals surface area (Å²) in [5.74, 6) is 0. The molecular formula is C13H18BrN. The molecule has 1 rings (SSSR count). The fourth-order valence-electron chi connectivity index (χ4n) is 0.961. The van der Waals surface area contributed by atoms with Crippen LogP contribution in [-0.4, -0.2) is 4.62 Å². The van der Waals surface area contributed by atoms with Gasteiger partial charge in [-0.2, -0.15) is 0 Å².